The van der Waals surface area contributed by atoms with E-state index in [0.717, 1.165) is 11.1 Å². The van der Waals surface area contributed by atoms with E-state index in [1.807, 2.05) is 35.0 Å². The zero-order valence-electron chi connectivity index (χ0n) is 7.94. The normalized spacial score (nSPS) is 10.2. The second kappa shape index (κ2) is 4.60. The Morgan fingerprint density at radius 1 is 1.27 bits per heavy atom. The molecular weight excluding hydrogens is 228 g/mol. The Balaban J connectivity index is 2.17. The van der Waals surface area contributed by atoms with E-state index in [1.165, 1.54) is 11.3 Å². The Morgan fingerprint density at radius 2 is 2.07 bits per heavy atom. The summed E-state index contributed by atoms with van der Waals surface area (Å²) in [4.78, 5) is 11.8. The third-order valence-corrected chi connectivity index (χ3v) is 3.20. The summed E-state index contributed by atoms with van der Waals surface area (Å²) in [5.74, 6) is 0.115. The Hall–Kier alpha value is -1.12. The molecule has 2 rings (SSSR count). The first kappa shape index (κ1) is 10.4. The number of Topliss-reactive ketones (excluding diaryl/α,β-unsaturated/α-hetero) is 1. The Kier molecular flexibility index (Phi) is 3.19. The average molecular weight is 237 g/mol. The molecule has 2 aromatic rings. The van der Waals surface area contributed by atoms with Gasteiger partial charge in [-0.15, -0.1) is 0 Å². The van der Waals surface area contributed by atoms with Crippen molar-refractivity contribution in [1.29, 1.82) is 0 Å². The molecule has 0 radical (unpaired) electrons. The summed E-state index contributed by atoms with van der Waals surface area (Å²) in [6.45, 7) is 0. The van der Waals surface area contributed by atoms with Crippen molar-refractivity contribution in [2.24, 2.45) is 0 Å². The SMILES string of the molecule is O=C(Cc1ccccc1Cl)c1ccsc1. The number of benzene rings is 1. The van der Waals surface area contributed by atoms with Gasteiger partial charge in [0.2, 0.25) is 0 Å². The highest BCUT2D eigenvalue weighted by Gasteiger charge is 2.09. The van der Waals surface area contributed by atoms with E-state index < -0.39 is 0 Å². The predicted molar refractivity (Wildman–Crippen MR) is 63.8 cm³/mol. The van der Waals surface area contributed by atoms with E-state index in [2.05, 4.69) is 0 Å². The molecule has 15 heavy (non-hydrogen) atoms. The molecule has 1 aromatic carbocycles. The third kappa shape index (κ3) is 2.46. The fourth-order valence-corrected chi connectivity index (χ4v) is 2.20. The molecule has 1 aromatic heterocycles. The number of carbonyl (C=O) groups excluding carboxylic acids is 1. The van der Waals surface area contributed by atoms with E-state index in [1.54, 1.807) is 6.07 Å². The highest BCUT2D eigenvalue weighted by Crippen LogP contribution is 2.18. The molecule has 0 aliphatic carbocycles. The van der Waals surface area contributed by atoms with Crippen LogP contribution < -0.4 is 0 Å². The van der Waals surface area contributed by atoms with E-state index in [4.69, 9.17) is 11.6 Å². The Bertz CT molecular complexity index is 462. The molecule has 0 saturated heterocycles. The van der Waals surface area contributed by atoms with Crippen LogP contribution in [0.4, 0.5) is 0 Å². The second-order valence-corrected chi connectivity index (χ2v) is 4.39. The van der Waals surface area contributed by atoms with E-state index in [9.17, 15) is 4.79 Å². The van der Waals surface area contributed by atoms with Gasteiger partial charge < -0.3 is 0 Å². The van der Waals surface area contributed by atoms with Gasteiger partial charge in [-0.05, 0) is 23.1 Å². The summed E-state index contributed by atoms with van der Waals surface area (Å²) < 4.78 is 0. The van der Waals surface area contributed by atoms with Gasteiger partial charge in [-0.25, -0.2) is 0 Å². The summed E-state index contributed by atoms with van der Waals surface area (Å²) >= 11 is 7.51. The number of rotatable bonds is 3. The van der Waals surface area contributed by atoms with Crippen molar-refractivity contribution in [2.45, 2.75) is 6.42 Å². The second-order valence-electron chi connectivity index (χ2n) is 3.20. The minimum atomic E-state index is 0.115. The fraction of sp³-hybridized carbons (Fsp3) is 0.0833. The largest absolute Gasteiger partial charge is 0.294 e. The van der Waals surface area contributed by atoms with Gasteiger partial charge in [0.1, 0.15) is 0 Å². The molecule has 1 heterocycles. The fourth-order valence-electron chi connectivity index (χ4n) is 1.34. The minimum absolute atomic E-state index is 0.115. The minimum Gasteiger partial charge on any atom is -0.294 e. The monoisotopic (exact) mass is 236 g/mol. The standard InChI is InChI=1S/C12H9ClOS/c13-11-4-2-1-3-9(11)7-12(14)10-5-6-15-8-10/h1-6,8H,7H2. The van der Waals surface area contributed by atoms with Gasteiger partial charge in [-0.3, -0.25) is 4.79 Å². The van der Waals surface area contributed by atoms with Crippen molar-refractivity contribution in [2.75, 3.05) is 0 Å². The van der Waals surface area contributed by atoms with Crippen LogP contribution in [-0.2, 0) is 6.42 Å². The number of halogens is 1. The maximum absolute atomic E-state index is 11.8. The molecule has 0 saturated carbocycles. The highest BCUT2D eigenvalue weighted by molar-refractivity contribution is 7.08. The lowest BCUT2D eigenvalue weighted by atomic mass is 10.1. The molecule has 76 valence electrons. The number of carbonyl (C=O) groups is 1. The van der Waals surface area contributed by atoms with Gasteiger partial charge >= 0.3 is 0 Å². The van der Waals surface area contributed by atoms with Crippen LogP contribution in [0.1, 0.15) is 15.9 Å². The number of thiophene rings is 1. The van der Waals surface area contributed by atoms with Crippen LogP contribution in [0.2, 0.25) is 5.02 Å². The molecule has 0 aliphatic heterocycles. The maximum Gasteiger partial charge on any atom is 0.168 e. The molecule has 0 unspecified atom stereocenters. The van der Waals surface area contributed by atoms with Crippen LogP contribution in [0.3, 0.4) is 0 Å². The summed E-state index contributed by atoms with van der Waals surface area (Å²) in [5.41, 5.74) is 1.65. The lowest BCUT2D eigenvalue weighted by molar-refractivity contribution is 0.0993. The van der Waals surface area contributed by atoms with Crippen LogP contribution in [0.5, 0.6) is 0 Å². The van der Waals surface area contributed by atoms with Crippen LogP contribution in [0.25, 0.3) is 0 Å². The van der Waals surface area contributed by atoms with E-state index in [-0.39, 0.29) is 5.78 Å². The van der Waals surface area contributed by atoms with Gasteiger partial charge in [0.15, 0.2) is 5.78 Å². The van der Waals surface area contributed by atoms with Crippen LogP contribution in [-0.4, -0.2) is 5.78 Å². The number of hydrogen-bond donors (Lipinski definition) is 0. The molecule has 0 spiro atoms. The van der Waals surface area contributed by atoms with Crippen molar-refractivity contribution in [3.05, 3.63) is 57.2 Å². The summed E-state index contributed by atoms with van der Waals surface area (Å²) in [6, 6.07) is 9.28. The van der Waals surface area contributed by atoms with Gasteiger partial charge in [-0.1, -0.05) is 29.8 Å². The van der Waals surface area contributed by atoms with Crippen molar-refractivity contribution in [3.8, 4) is 0 Å². The summed E-state index contributed by atoms with van der Waals surface area (Å²) in [6.07, 6.45) is 0.371. The smallest absolute Gasteiger partial charge is 0.168 e. The van der Waals surface area contributed by atoms with Crippen LogP contribution >= 0.6 is 22.9 Å². The zero-order valence-corrected chi connectivity index (χ0v) is 9.52. The van der Waals surface area contributed by atoms with Crippen molar-refractivity contribution in [1.82, 2.24) is 0 Å². The molecule has 0 bridgehead atoms. The van der Waals surface area contributed by atoms with E-state index in [0.29, 0.717) is 11.4 Å². The van der Waals surface area contributed by atoms with Crippen LogP contribution in [0.15, 0.2) is 41.1 Å². The zero-order chi connectivity index (χ0) is 10.7. The lowest BCUT2D eigenvalue weighted by Gasteiger charge is -2.01. The number of ketones is 1. The number of hydrogen-bond acceptors (Lipinski definition) is 2. The van der Waals surface area contributed by atoms with Crippen LogP contribution in [0, 0.1) is 0 Å². The topological polar surface area (TPSA) is 17.1 Å². The summed E-state index contributed by atoms with van der Waals surface area (Å²) in [7, 11) is 0. The third-order valence-electron chi connectivity index (χ3n) is 2.15. The molecule has 0 fully saturated rings. The molecule has 1 nitrogen and oxygen atoms in total. The van der Waals surface area contributed by atoms with Crippen molar-refractivity contribution < 1.29 is 4.79 Å². The molecule has 0 amide bonds. The van der Waals surface area contributed by atoms with Gasteiger partial charge in [0.05, 0.1) is 0 Å². The average Bonchev–Trinajstić information content (AvgIpc) is 2.74. The van der Waals surface area contributed by atoms with Crippen molar-refractivity contribution >= 4 is 28.7 Å². The maximum atomic E-state index is 11.8. The molecule has 3 heteroatoms. The highest BCUT2D eigenvalue weighted by atomic mass is 35.5. The molecule has 0 atom stereocenters. The summed E-state index contributed by atoms with van der Waals surface area (Å²) in [5, 5.41) is 4.42. The lowest BCUT2D eigenvalue weighted by Crippen LogP contribution is -2.02. The first-order valence-electron chi connectivity index (χ1n) is 4.56. The first-order valence-corrected chi connectivity index (χ1v) is 5.88. The van der Waals surface area contributed by atoms with E-state index >= 15 is 0 Å². The van der Waals surface area contributed by atoms with Gasteiger partial charge in [-0.2, -0.15) is 11.3 Å². The Labute approximate surface area is 97.3 Å². The van der Waals surface area contributed by atoms with Crippen molar-refractivity contribution in [3.63, 3.8) is 0 Å². The van der Waals surface area contributed by atoms with Gasteiger partial charge in [0.25, 0.3) is 0 Å². The first-order chi connectivity index (χ1) is 7.27. The molecule has 0 N–H and O–H groups in total. The predicted octanol–water partition coefficient (Wildman–Crippen LogP) is 3.83. The van der Waals surface area contributed by atoms with Gasteiger partial charge in [0, 0.05) is 22.4 Å². The molecular formula is C12H9ClOS. The Morgan fingerprint density at radius 3 is 2.73 bits per heavy atom. The molecule has 0 aliphatic rings. The quantitative estimate of drug-likeness (QED) is 0.741.